The molecule has 0 radical (unpaired) electrons. The molecule has 21 heavy (non-hydrogen) atoms. The van der Waals surface area contributed by atoms with E-state index in [0.29, 0.717) is 12.2 Å². The van der Waals surface area contributed by atoms with E-state index in [2.05, 4.69) is 20.2 Å². The van der Waals surface area contributed by atoms with Crippen molar-refractivity contribution in [2.45, 2.75) is 19.4 Å². The van der Waals surface area contributed by atoms with Crippen LogP contribution in [-0.4, -0.2) is 29.0 Å². The van der Waals surface area contributed by atoms with E-state index in [1.54, 1.807) is 18.5 Å². The summed E-state index contributed by atoms with van der Waals surface area (Å²) in [7, 11) is 0. The molecule has 2 aromatic rings. The van der Waals surface area contributed by atoms with Gasteiger partial charge in [0.1, 0.15) is 11.5 Å². The second-order valence-corrected chi connectivity index (χ2v) is 5.11. The van der Waals surface area contributed by atoms with Crippen LogP contribution in [0.2, 0.25) is 0 Å². The van der Waals surface area contributed by atoms with Gasteiger partial charge in [0.05, 0.1) is 0 Å². The maximum atomic E-state index is 12.2. The standard InChI is InChI=1S/C16H18N4O/c21-16(18-12-13-6-8-17-9-7-13)14-4-3-5-15(19-14)20-10-1-2-11-20/h3-9H,1-2,10-12H2,(H,18,21). The van der Waals surface area contributed by atoms with Gasteiger partial charge in [0.15, 0.2) is 0 Å². The first-order valence-corrected chi connectivity index (χ1v) is 7.22. The Bertz CT molecular complexity index is 609. The molecule has 0 saturated carbocycles. The largest absolute Gasteiger partial charge is 0.357 e. The molecular formula is C16H18N4O. The van der Waals surface area contributed by atoms with E-state index in [0.717, 1.165) is 24.5 Å². The fraction of sp³-hybridized carbons (Fsp3) is 0.312. The number of hydrogen-bond donors (Lipinski definition) is 1. The molecule has 1 saturated heterocycles. The number of amides is 1. The number of aromatic nitrogens is 2. The number of pyridine rings is 2. The average Bonchev–Trinajstić information content (AvgIpc) is 3.08. The Morgan fingerprint density at radius 3 is 2.67 bits per heavy atom. The highest BCUT2D eigenvalue weighted by molar-refractivity contribution is 5.92. The van der Waals surface area contributed by atoms with Crippen LogP contribution in [0.3, 0.4) is 0 Å². The molecule has 0 aliphatic carbocycles. The Balaban J connectivity index is 1.65. The third-order valence-corrected chi connectivity index (χ3v) is 3.60. The SMILES string of the molecule is O=C(NCc1ccncc1)c1cccc(N2CCCC2)n1. The minimum Gasteiger partial charge on any atom is -0.357 e. The van der Waals surface area contributed by atoms with Gasteiger partial charge < -0.3 is 10.2 Å². The molecule has 1 fully saturated rings. The molecule has 1 amide bonds. The third-order valence-electron chi connectivity index (χ3n) is 3.60. The van der Waals surface area contributed by atoms with E-state index in [4.69, 9.17) is 0 Å². The zero-order valence-electron chi connectivity index (χ0n) is 11.8. The molecule has 3 rings (SSSR count). The van der Waals surface area contributed by atoms with Gasteiger partial charge in [0.2, 0.25) is 0 Å². The summed E-state index contributed by atoms with van der Waals surface area (Å²) < 4.78 is 0. The molecule has 1 aliphatic rings. The summed E-state index contributed by atoms with van der Waals surface area (Å²) in [6, 6.07) is 9.37. The number of carbonyl (C=O) groups is 1. The van der Waals surface area contributed by atoms with Gasteiger partial charge in [0.25, 0.3) is 5.91 Å². The zero-order valence-corrected chi connectivity index (χ0v) is 11.8. The summed E-state index contributed by atoms with van der Waals surface area (Å²) in [6.07, 6.45) is 5.82. The van der Waals surface area contributed by atoms with E-state index >= 15 is 0 Å². The van der Waals surface area contributed by atoms with E-state index in [9.17, 15) is 4.79 Å². The van der Waals surface area contributed by atoms with Crippen molar-refractivity contribution in [2.75, 3.05) is 18.0 Å². The van der Waals surface area contributed by atoms with Crippen LogP contribution < -0.4 is 10.2 Å². The van der Waals surface area contributed by atoms with Crippen LogP contribution in [0, 0.1) is 0 Å². The molecule has 0 aromatic carbocycles. The van der Waals surface area contributed by atoms with Gasteiger partial charge in [-0.05, 0) is 42.7 Å². The van der Waals surface area contributed by atoms with Crippen LogP contribution in [0.15, 0.2) is 42.7 Å². The van der Waals surface area contributed by atoms with E-state index in [1.807, 2.05) is 24.3 Å². The predicted molar refractivity (Wildman–Crippen MR) is 81.1 cm³/mol. The summed E-state index contributed by atoms with van der Waals surface area (Å²) in [4.78, 5) is 22.8. The summed E-state index contributed by atoms with van der Waals surface area (Å²) in [6.45, 7) is 2.53. The molecule has 1 N–H and O–H groups in total. The quantitative estimate of drug-likeness (QED) is 0.932. The Morgan fingerprint density at radius 1 is 1.14 bits per heavy atom. The lowest BCUT2D eigenvalue weighted by Gasteiger charge is -2.16. The predicted octanol–water partition coefficient (Wildman–Crippen LogP) is 2.01. The lowest BCUT2D eigenvalue weighted by Crippen LogP contribution is -2.25. The van der Waals surface area contributed by atoms with Crippen LogP contribution in [0.1, 0.15) is 28.9 Å². The Morgan fingerprint density at radius 2 is 1.90 bits per heavy atom. The molecule has 0 bridgehead atoms. The van der Waals surface area contributed by atoms with E-state index < -0.39 is 0 Å². The number of hydrogen-bond acceptors (Lipinski definition) is 4. The number of rotatable bonds is 4. The minimum absolute atomic E-state index is 0.146. The van der Waals surface area contributed by atoms with Gasteiger partial charge in [-0.1, -0.05) is 6.07 Å². The summed E-state index contributed by atoms with van der Waals surface area (Å²) >= 11 is 0. The normalized spacial score (nSPS) is 14.2. The van der Waals surface area contributed by atoms with E-state index in [1.165, 1.54) is 12.8 Å². The van der Waals surface area contributed by atoms with Crippen molar-refractivity contribution in [3.05, 3.63) is 54.0 Å². The monoisotopic (exact) mass is 282 g/mol. The summed E-state index contributed by atoms with van der Waals surface area (Å²) in [5.74, 6) is 0.747. The van der Waals surface area contributed by atoms with Gasteiger partial charge in [-0.3, -0.25) is 9.78 Å². The van der Waals surface area contributed by atoms with Crippen molar-refractivity contribution in [3.63, 3.8) is 0 Å². The maximum absolute atomic E-state index is 12.2. The first kappa shape index (κ1) is 13.5. The van der Waals surface area contributed by atoms with Crippen molar-refractivity contribution >= 4 is 11.7 Å². The lowest BCUT2D eigenvalue weighted by molar-refractivity contribution is 0.0946. The van der Waals surface area contributed by atoms with Crippen LogP contribution in [0.5, 0.6) is 0 Å². The second-order valence-electron chi connectivity index (χ2n) is 5.11. The van der Waals surface area contributed by atoms with Crippen molar-refractivity contribution in [2.24, 2.45) is 0 Å². The van der Waals surface area contributed by atoms with Gasteiger partial charge in [-0.2, -0.15) is 0 Å². The lowest BCUT2D eigenvalue weighted by atomic mass is 10.2. The number of carbonyl (C=O) groups excluding carboxylic acids is 1. The smallest absolute Gasteiger partial charge is 0.270 e. The van der Waals surface area contributed by atoms with E-state index in [-0.39, 0.29) is 5.91 Å². The van der Waals surface area contributed by atoms with Crippen molar-refractivity contribution in [3.8, 4) is 0 Å². The number of anilines is 1. The van der Waals surface area contributed by atoms with Gasteiger partial charge in [0, 0.05) is 32.0 Å². The first-order chi connectivity index (χ1) is 10.3. The third kappa shape index (κ3) is 3.37. The molecule has 0 atom stereocenters. The molecule has 5 nitrogen and oxygen atoms in total. The minimum atomic E-state index is -0.146. The fourth-order valence-electron chi connectivity index (χ4n) is 2.45. The van der Waals surface area contributed by atoms with Crippen LogP contribution in [-0.2, 0) is 6.54 Å². The molecule has 108 valence electrons. The molecular weight excluding hydrogens is 264 g/mol. The highest BCUT2D eigenvalue weighted by Gasteiger charge is 2.15. The van der Waals surface area contributed by atoms with Crippen LogP contribution in [0.25, 0.3) is 0 Å². The van der Waals surface area contributed by atoms with Gasteiger partial charge in [-0.15, -0.1) is 0 Å². The molecule has 5 heteroatoms. The van der Waals surface area contributed by atoms with Crippen molar-refractivity contribution in [1.82, 2.24) is 15.3 Å². The molecule has 1 aliphatic heterocycles. The van der Waals surface area contributed by atoms with Gasteiger partial charge in [-0.25, -0.2) is 4.98 Å². The highest BCUT2D eigenvalue weighted by atomic mass is 16.1. The second kappa shape index (κ2) is 6.35. The summed E-state index contributed by atoms with van der Waals surface area (Å²) in [5.41, 5.74) is 1.49. The number of nitrogens with zero attached hydrogens (tertiary/aromatic N) is 3. The molecule has 2 aromatic heterocycles. The Kier molecular flexibility index (Phi) is 4.09. The molecule has 0 unspecified atom stereocenters. The summed E-state index contributed by atoms with van der Waals surface area (Å²) in [5, 5.41) is 2.89. The maximum Gasteiger partial charge on any atom is 0.270 e. The van der Waals surface area contributed by atoms with Crippen LogP contribution >= 0.6 is 0 Å². The Labute approximate surface area is 124 Å². The molecule has 0 spiro atoms. The first-order valence-electron chi connectivity index (χ1n) is 7.22. The average molecular weight is 282 g/mol. The topological polar surface area (TPSA) is 58.1 Å². The van der Waals surface area contributed by atoms with Gasteiger partial charge >= 0.3 is 0 Å². The fourth-order valence-corrected chi connectivity index (χ4v) is 2.45. The highest BCUT2D eigenvalue weighted by Crippen LogP contribution is 2.17. The van der Waals surface area contributed by atoms with Crippen molar-refractivity contribution in [1.29, 1.82) is 0 Å². The molecule has 3 heterocycles. The van der Waals surface area contributed by atoms with Crippen molar-refractivity contribution < 1.29 is 4.79 Å². The van der Waals surface area contributed by atoms with Crippen LogP contribution in [0.4, 0.5) is 5.82 Å². The zero-order chi connectivity index (χ0) is 14.5. The Hall–Kier alpha value is -2.43. The number of nitrogens with one attached hydrogen (secondary N) is 1.